The van der Waals surface area contributed by atoms with Crippen molar-refractivity contribution in [2.24, 2.45) is 0 Å². The first kappa shape index (κ1) is 14.4. The standard InChI is InChI=1S/C17H18ClNO2/c1-19-11-17(20)10-12-6-2-3-7-13(12)16(17)21-15-9-5-4-8-14(15)18/h2-9,16,19-20H,10-11H2,1H3/t16-,17+/m0/s1. The fraction of sp³-hybridized carbons (Fsp3) is 0.294. The van der Waals surface area contributed by atoms with E-state index < -0.39 is 11.7 Å². The minimum atomic E-state index is -0.975. The number of rotatable bonds is 4. The van der Waals surface area contributed by atoms with Gasteiger partial charge in [-0.15, -0.1) is 0 Å². The normalized spacial score (nSPS) is 23.9. The van der Waals surface area contributed by atoms with E-state index in [4.69, 9.17) is 16.3 Å². The molecule has 3 nitrogen and oxygen atoms in total. The van der Waals surface area contributed by atoms with Crippen molar-refractivity contribution in [1.29, 1.82) is 0 Å². The molecular formula is C17H18ClNO2. The Morgan fingerprint density at radius 3 is 2.71 bits per heavy atom. The van der Waals surface area contributed by atoms with E-state index in [1.165, 1.54) is 0 Å². The summed E-state index contributed by atoms with van der Waals surface area (Å²) in [6.45, 7) is 0.455. The lowest BCUT2D eigenvalue weighted by Gasteiger charge is -2.31. The van der Waals surface area contributed by atoms with Crippen LogP contribution in [0.25, 0.3) is 0 Å². The second-order valence-electron chi connectivity index (χ2n) is 5.44. The first-order chi connectivity index (χ1) is 10.1. The summed E-state index contributed by atoms with van der Waals surface area (Å²) in [5.41, 5.74) is 1.17. The number of nitrogens with one attached hydrogen (secondary N) is 1. The zero-order valence-electron chi connectivity index (χ0n) is 11.8. The lowest BCUT2D eigenvalue weighted by molar-refractivity contribution is -0.0484. The molecule has 3 rings (SSSR count). The fourth-order valence-corrected chi connectivity index (χ4v) is 3.14. The van der Waals surface area contributed by atoms with E-state index >= 15 is 0 Å². The molecule has 2 atom stereocenters. The van der Waals surface area contributed by atoms with E-state index in [1.54, 1.807) is 6.07 Å². The summed E-state index contributed by atoms with van der Waals surface area (Å²) in [5.74, 6) is 0.593. The first-order valence-electron chi connectivity index (χ1n) is 7.00. The number of ether oxygens (including phenoxy) is 1. The Bertz CT molecular complexity index is 646. The van der Waals surface area contributed by atoms with Crippen LogP contribution in [0.5, 0.6) is 5.75 Å². The van der Waals surface area contributed by atoms with Crippen molar-refractivity contribution in [3.63, 3.8) is 0 Å². The Morgan fingerprint density at radius 2 is 1.95 bits per heavy atom. The molecule has 0 aliphatic heterocycles. The van der Waals surface area contributed by atoms with E-state index in [1.807, 2.05) is 49.5 Å². The van der Waals surface area contributed by atoms with Crippen LogP contribution in [0.4, 0.5) is 0 Å². The highest BCUT2D eigenvalue weighted by Gasteiger charge is 2.46. The highest BCUT2D eigenvalue weighted by atomic mass is 35.5. The van der Waals surface area contributed by atoms with E-state index in [0.717, 1.165) is 11.1 Å². The number of para-hydroxylation sites is 1. The Labute approximate surface area is 129 Å². The maximum absolute atomic E-state index is 11.0. The zero-order chi connectivity index (χ0) is 14.9. The zero-order valence-corrected chi connectivity index (χ0v) is 12.6. The van der Waals surface area contributed by atoms with Crippen molar-refractivity contribution >= 4 is 11.6 Å². The summed E-state index contributed by atoms with van der Waals surface area (Å²) in [7, 11) is 1.83. The lowest BCUT2D eigenvalue weighted by atomic mass is 9.97. The molecule has 4 heteroatoms. The number of hydrogen-bond acceptors (Lipinski definition) is 3. The average Bonchev–Trinajstić information content (AvgIpc) is 2.74. The number of aliphatic hydroxyl groups is 1. The van der Waals surface area contributed by atoms with E-state index in [-0.39, 0.29) is 0 Å². The number of likely N-dealkylation sites (N-methyl/N-ethyl adjacent to an activating group) is 1. The third-order valence-electron chi connectivity index (χ3n) is 3.89. The molecule has 1 aliphatic carbocycles. The second-order valence-corrected chi connectivity index (χ2v) is 5.85. The van der Waals surface area contributed by atoms with Crippen molar-refractivity contribution in [1.82, 2.24) is 5.32 Å². The number of hydrogen-bond donors (Lipinski definition) is 2. The third kappa shape index (κ3) is 2.64. The molecule has 0 amide bonds. The van der Waals surface area contributed by atoms with Crippen molar-refractivity contribution in [2.45, 2.75) is 18.1 Å². The summed E-state index contributed by atoms with van der Waals surface area (Å²) in [4.78, 5) is 0. The van der Waals surface area contributed by atoms with Crippen LogP contribution in [0, 0.1) is 0 Å². The fourth-order valence-electron chi connectivity index (χ4n) is 2.96. The molecule has 110 valence electrons. The van der Waals surface area contributed by atoms with Crippen LogP contribution in [-0.4, -0.2) is 24.3 Å². The van der Waals surface area contributed by atoms with Crippen LogP contribution < -0.4 is 10.1 Å². The predicted molar refractivity (Wildman–Crippen MR) is 83.8 cm³/mol. The maximum atomic E-state index is 11.0. The van der Waals surface area contributed by atoms with Crippen LogP contribution in [0.2, 0.25) is 5.02 Å². The molecule has 0 heterocycles. The number of benzene rings is 2. The van der Waals surface area contributed by atoms with Gasteiger partial charge < -0.3 is 15.2 Å². The molecule has 21 heavy (non-hydrogen) atoms. The average molecular weight is 304 g/mol. The van der Waals surface area contributed by atoms with Crippen molar-refractivity contribution < 1.29 is 9.84 Å². The minimum absolute atomic E-state index is 0.430. The molecule has 0 saturated carbocycles. The highest BCUT2D eigenvalue weighted by molar-refractivity contribution is 6.32. The Kier molecular flexibility index (Phi) is 3.89. The van der Waals surface area contributed by atoms with Crippen LogP contribution in [0.1, 0.15) is 17.2 Å². The second kappa shape index (κ2) is 5.68. The van der Waals surface area contributed by atoms with E-state index in [2.05, 4.69) is 5.32 Å². The summed E-state index contributed by atoms with van der Waals surface area (Å²) in [5, 5.41) is 14.6. The van der Waals surface area contributed by atoms with Gasteiger partial charge in [0, 0.05) is 13.0 Å². The molecule has 0 saturated heterocycles. The molecule has 0 spiro atoms. The van der Waals surface area contributed by atoms with Gasteiger partial charge in [-0.25, -0.2) is 0 Å². The third-order valence-corrected chi connectivity index (χ3v) is 4.20. The SMILES string of the molecule is CNC[C@]1(O)Cc2ccccc2[C@@H]1Oc1ccccc1Cl. The van der Waals surface area contributed by atoms with Gasteiger partial charge in [0.1, 0.15) is 11.4 Å². The van der Waals surface area contributed by atoms with Gasteiger partial charge in [0.2, 0.25) is 0 Å². The van der Waals surface area contributed by atoms with E-state index in [0.29, 0.717) is 23.7 Å². The van der Waals surface area contributed by atoms with Gasteiger partial charge in [-0.05, 0) is 30.3 Å². The van der Waals surface area contributed by atoms with Crippen molar-refractivity contribution in [3.8, 4) is 5.75 Å². The number of halogens is 1. The molecule has 2 N–H and O–H groups in total. The Hall–Kier alpha value is -1.55. The molecule has 0 unspecified atom stereocenters. The van der Waals surface area contributed by atoms with E-state index in [9.17, 15) is 5.11 Å². The molecule has 1 aliphatic rings. The van der Waals surface area contributed by atoms with Gasteiger partial charge in [0.15, 0.2) is 6.10 Å². The summed E-state index contributed by atoms with van der Waals surface area (Å²) in [6, 6.07) is 15.3. The van der Waals surface area contributed by atoms with Crippen molar-refractivity contribution in [2.75, 3.05) is 13.6 Å². The minimum Gasteiger partial charge on any atom is -0.481 e. The molecule has 0 radical (unpaired) electrons. The molecule has 2 aromatic rings. The van der Waals surface area contributed by atoms with Gasteiger partial charge in [0.25, 0.3) is 0 Å². The van der Waals surface area contributed by atoms with Crippen LogP contribution in [0.3, 0.4) is 0 Å². The Balaban J connectivity index is 1.98. The first-order valence-corrected chi connectivity index (χ1v) is 7.38. The number of fused-ring (bicyclic) bond motifs is 1. The van der Waals surface area contributed by atoms with Crippen LogP contribution in [0.15, 0.2) is 48.5 Å². The molecule has 2 aromatic carbocycles. The summed E-state index contributed by atoms with van der Waals surface area (Å²) < 4.78 is 6.08. The van der Waals surface area contributed by atoms with Gasteiger partial charge >= 0.3 is 0 Å². The van der Waals surface area contributed by atoms with Crippen LogP contribution in [-0.2, 0) is 6.42 Å². The molecule has 0 aromatic heterocycles. The summed E-state index contributed by atoms with van der Waals surface area (Å²) in [6.07, 6.45) is 0.139. The largest absolute Gasteiger partial charge is 0.481 e. The van der Waals surface area contributed by atoms with Gasteiger partial charge in [0.05, 0.1) is 5.02 Å². The highest BCUT2D eigenvalue weighted by Crippen LogP contribution is 2.43. The molecule has 0 fully saturated rings. The van der Waals surface area contributed by atoms with Crippen molar-refractivity contribution in [3.05, 3.63) is 64.7 Å². The lowest BCUT2D eigenvalue weighted by Crippen LogP contribution is -2.45. The van der Waals surface area contributed by atoms with Crippen LogP contribution >= 0.6 is 11.6 Å². The quantitative estimate of drug-likeness (QED) is 0.912. The van der Waals surface area contributed by atoms with Gasteiger partial charge in [-0.2, -0.15) is 0 Å². The Morgan fingerprint density at radius 1 is 1.24 bits per heavy atom. The smallest absolute Gasteiger partial charge is 0.154 e. The van der Waals surface area contributed by atoms with Gasteiger partial charge in [-0.3, -0.25) is 0 Å². The monoisotopic (exact) mass is 303 g/mol. The van der Waals surface area contributed by atoms with Gasteiger partial charge in [-0.1, -0.05) is 48.0 Å². The molecule has 0 bridgehead atoms. The topological polar surface area (TPSA) is 41.5 Å². The summed E-state index contributed by atoms with van der Waals surface area (Å²) >= 11 is 6.18. The molecular weight excluding hydrogens is 286 g/mol. The maximum Gasteiger partial charge on any atom is 0.154 e. The predicted octanol–water partition coefficient (Wildman–Crippen LogP) is 2.97.